The molecule has 0 aromatic rings. The van der Waals surface area contributed by atoms with E-state index in [9.17, 15) is 19.0 Å². The van der Waals surface area contributed by atoms with E-state index in [-0.39, 0.29) is 32.0 Å². The van der Waals surface area contributed by atoms with Gasteiger partial charge in [-0.1, -0.05) is 342 Å². The minimum atomic E-state index is -4.40. The Morgan fingerprint density at radius 1 is 0.364 bits per heavy atom. The fraction of sp³-hybridized carbons (Fsp3) is 0.769. The molecule has 0 aromatic carbocycles. The third-order valence-corrected chi connectivity index (χ3v) is 17.1. The minimum Gasteiger partial charge on any atom is -0.462 e. The first kappa shape index (κ1) is 84.9. The van der Waals surface area contributed by atoms with Gasteiger partial charge in [0.2, 0.25) is 0 Å². The number of esters is 2. The van der Waals surface area contributed by atoms with E-state index in [2.05, 4.69) is 111 Å². The molecule has 0 saturated heterocycles. The molecule has 0 aromatic heterocycles. The van der Waals surface area contributed by atoms with E-state index in [1.165, 1.54) is 193 Å². The monoisotopic (exact) mass is 1250 g/mol. The standard InChI is InChI=1S/C78H140NO8P/c1-6-8-10-12-14-16-18-20-22-24-26-28-30-32-34-36-38-39-41-42-44-46-48-50-52-54-56-58-60-62-64-66-68-70-77(80)84-74-76(75-86-88(82,83)85-73-72-79(3,4)5)87-78(81)71-69-67-65-63-61-59-57-55-53-51-49-47-45-43-40-37-35-33-31-29-27-25-23-21-19-17-15-13-11-9-7-2/h9,11,15,17,21,23,27,29,33,35,40,43,47,49,53,55,76H,6-8,10,12-14,16,18-20,22,24-26,28,30-32,34,36-39,41-42,44-46,48,50-52,54,56-75H2,1-5H3/p+1/b11-9-,17-15-,23-21-,29-27-,35-33-,43-40-,49-47-,55-53-. The normalized spacial score (nSPS) is 13.7. The number of carbonyl (C=O) groups is 2. The molecule has 0 fully saturated rings. The maximum atomic E-state index is 12.9. The first-order chi connectivity index (χ1) is 43.0. The molecule has 10 heteroatoms. The number of phosphoric ester groups is 1. The molecule has 0 amide bonds. The number of hydrogen-bond donors (Lipinski definition) is 1. The quantitative estimate of drug-likeness (QED) is 0.0211. The third-order valence-electron chi connectivity index (χ3n) is 16.1. The van der Waals surface area contributed by atoms with E-state index in [0.717, 1.165) is 109 Å². The molecule has 9 nitrogen and oxygen atoms in total. The first-order valence-electron chi connectivity index (χ1n) is 37.0. The molecule has 88 heavy (non-hydrogen) atoms. The predicted molar refractivity (Wildman–Crippen MR) is 381 cm³/mol. The van der Waals surface area contributed by atoms with Crippen LogP contribution in [0.1, 0.15) is 335 Å². The highest BCUT2D eigenvalue weighted by molar-refractivity contribution is 7.47. The summed E-state index contributed by atoms with van der Waals surface area (Å²) in [6.07, 6.45) is 95.3. The molecule has 2 atom stereocenters. The summed E-state index contributed by atoms with van der Waals surface area (Å²) in [6.45, 7) is 4.34. The van der Waals surface area contributed by atoms with E-state index in [0.29, 0.717) is 17.4 Å². The summed E-state index contributed by atoms with van der Waals surface area (Å²) in [4.78, 5) is 35.9. The average molecular weight is 1250 g/mol. The van der Waals surface area contributed by atoms with E-state index in [4.69, 9.17) is 18.5 Å². The van der Waals surface area contributed by atoms with Gasteiger partial charge in [0.15, 0.2) is 6.10 Å². The van der Waals surface area contributed by atoms with Gasteiger partial charge in [-0.2, -0.15) is 0 Å². The van der Waals surface area contributed by atoms with Crippen LogP contribution in [-0.2, 0) is 32.7 Å². The number of allylic oxidation sites excluding steroid dienone is 16. The van der Waals surface area contributed by atoms with Gasteiger partial charge in [0, 0.05) is 12.8 Å². The molecule has 0 radical (unpaired) electrons. The van der Waals surface area contributed by atoms with Crippen LogP contribution in [0, 0.1) is 0 Å². The highest BCUT2D eigenvalue weighted by Crippen LogP contribution is 2.43. The van der Waals surface area contributed by atoms with Crippen molar-refractivity contribution in [3.05, 3.63) is 97.2 Å². The lowest BCUT2D eigenvalue weighted by Gasteiger charge is -2.24. The Balaban J connectivity index is 4.05. The minimum absolute atomic E-state index is 0.0254. The van der Waals surface area contributed by atoms with Crippen molar-refractivity contribution in [3.63, 3.8) is 0 Å². The Morgan fingerprint density at radius 2 is 0.648 bits per heavy atom. The molecule has 0 heterocycles. The van der Waals surface area contributed by atoms with Gasteiger partial charge in [0.1, 0.15) is 19.8 Å². The van der Waals surface area contributed by atoms with Crippen molar-refractivity contribution in [1.82, 2.24) is 0 Å². The third kappa shape index (κ3) is 72.0. The van der Waals surface area contributed by atoms with Crippen molar-refractivity contribution in [2.24, 2.45) is 0 Å². The van der Waals surface area contributed by atoms with Gasteiger partial charge in [-0.3, -0.25) is 18.6 Å². The number of rotatable bonds is 68. The molecule has 0 bridgehead atoms. The molecular formula is C78H141NO8P+. The molecule has 0 saturated carbocycles. The van der Waals surface area contributed by atoms with Crippen molar-refractivity contribution < 1.29 is 42.1 Å². The largest absolute Gasteiger partial charge is 0.472 e. The Morgan fingerprint density at radius 3 is 0.966 bits per heavy atom. The van der Waals surface area contributed by atoms with Crippen LogP contribution in [0.25, 0.3) is 0 Å². The van der Waals surface area contributed by atoms with Crippen molar-refractivity contribution >= 4 is 19.8 Å². The zero-order valence-corrected chi connectivity index (χ0v) is 59.1. The zero-order chi connectivity index (χ0) is 64.1. The molecule has 0 rings (SSSR count). The number of phosphoric acid groups is 1. The lowest BCUT2D eigenvalue weighted by molar-refractivity contribution is -0.870. The lowest BCUT2D eigenvalue weighted by atomic mass is 10.0. The topological polar surface area (TPSA) is 108 Å². The number of hydrogen-bond acceptors (Lipinski definition) is 7. The fourth-order valence-electron chi connectivity index (χ4n) is 10.5. The number of carbonyl (C=O) groups excluding carboxylic acids is 2. The number of nitrogens with zero attached hydrogens (tertiary/aromatic N) is 1. The Bertz CT molecular complexity index is 1810. The van der Waals surface area contributed by atoms with Crippen LogP contribution in [0.5, 0.6) is 0 Å². The molecule has 0 aliphatic heterocycles. The second-order valence-electron chi connectivity index (χ2n) is 26.0. The summed E-state index contributed by atoms with van der Waals surface area (Å²) in [7, 11) is 1.47. The number of unbranched alkanes of at least 4 members (excludes halogenated alkanes) is 38. The molecule has 0 spiro atoms. The van der Waals surface area contributed by atoms with Gasteiger partial charge in [-0.15, -0.1) is 0 Å². The van der Waals surface area contributed by atoms with Crippen molar-refractivity contribution in [2.75, 3.05) is 47.5 Å². The van der Waals surface area contributed by atoms with Gasteiger partial charge >= 0.3 is 19.8 Å². The summed E-state index contributed by atoms with van der Waals surface area (Å²) in [6, 6.07) is 0. The van der Waals surface area contributed by atoms with E-state index < -0.39 is 26.5 Å². The number of likely N-dealkylation sites (N-methyl/N-ethyl adjacent to an activating group) is 1. The first-order valence-corrected chi connectivity index (χ1v) is 38.5. The van der Waals surface area contributed by atoms with Gasteiger partial charge in [-0.05, 0) is 77.0 Å². The highest BCUT2D eigenvalue weighted by atomic mass is 31.2. The van der Waals surface area contributed by atoms with Gasteiger partial charge < -0.3 is 18.9 Å². The van der Waals surface area contributed by atoms with Crippen LogP contribution < -0.4 is 0 Å². The summed E-state index contributed by atoms with van der Waals surface area (Å²) in [5.41, 5.74) is 0. The van der Waals surface area contributed by atoms with Crippen LogP contribution >= 0.6 is 7.82 Å². The second-order valence-corrected chi connectivity index (χ2v) is 27.4. The number of ether oxygens (including phenoxy) is 2. The van der Waals surface area contributed by atoms with Crippen molar-refractivity contribution in [2.45, 2.75) is 341 Å². The van der Waals surface area contributed by atoms with Crippen LogP contribution in [0.2, 0.25) is 0 Å². The second kappa shape index (κ2) is 68.3. The molecular weight excluding hydrogens is 1110 g/mol. The Labute approximate surface area is 544 Å². The Kier molecular flexibility index (Phi) is 65.9. The SMILES string of the molecule is CC/C=C\C/C=C\C/C=C\C/C=C\C/C=C\C/C=C\C/C=C\C/C=C\CCCCCCCCC(=O)OC(COC(=O)CCCCCCCCCCCCCCCCCCCCCCCCCCCCCCCCCCC)COP(=O)(O)OCC[N+](C)(C)C. The zero-order valence-electron chi connectivity index (χ0n) is 58.2. The fourth-order valence-corrected chi connectivity index (χ4v) is 11.2. The van der Waals surface area contributed by atoms with Gasteiger partial charge in [0.25, 0.3) is 0 Å². The molecule has 0 aliphatic rings. The number of quaternary nitrogens is 1. The average Bonchev–Trinajstić information content (AvgIpc) is 3.68. The molecule has 510 valence electrons. The van der Waals surface area contributed by atoms with Gasteiger partial charge in [0.05, 0.1) is 27.7 Å². The predicted octanol–water partition coefficient (Wildman–Crippen LogP) is 24.3. The smallest absolute Gasteiger partial charge is 0.462 e. The van der Waals surface area contributed by atoms with Crippen LogP contribution in [0.4, 0.5) is 0 Å². The molecule has 2 unspecified atom stereocenters. The van der Waals surface area contributed by atoms with E-state index in [1.54, 1.807) is 0 Å². The summed E-state index contributed by atoms with van der Waals surface area (Å²) >= 11 is 0. The summed E-state index contributed by atoms with van der Waals surface area (Å²) < 4.78 is 34.7. The lowest BCUT2D eigenvalue weighted by Crippen LogP contribution is -2.37. The maximum absolute atomic E-state index is 12.9. The highest BCUT2D eigenvalue weighted by Gasteiger charge is 2.27. The van der Waals surface area contributed by atoms with Crippen LogP contribution in [-0.4, -0.2) is 74.9 Å². The van der Waals surface area contributed by atoms with Crippen molar-refractivity contribution in [1.29, 1.82) is 0 Å². The van der Waals surface area contributed by atoms with Crippen LogP contribution in [0.3, 0.4) is 0 Å². The van der Waals surface area contributed by atoms with E-state index in [1.807, 2.05) is 21.1 Å². The molecule has 0 aliphatic carbocycles. The maximum Gasteiger partial charge on any atom is 0.472 e. The van der Waals surface area contributed by atoms with Crippen LogP contribution in [0.15, 0.2) is 97.2 Å². The Hall–Kier alpha value is -3.07. The molecule has 1 N–H and O–H groups in total. The summed E-state index contributed by atoms with van der Waals surface area (Å²) in [5.74, 6) is -0.806. The van der Waals surface area contributed by atoms with Crippen molar-refractivity contribution in [3.8, 4) is 0 Å². The van der Waals surface area contributed by atoms with Gasteiger partial charge in [-0.25, -0.2) is 4.57 Å². The summed E-state index contributed by atoms with van der Waals surface area (Å²) in [5, 5.41) is 0. The van der Waals surface area contributed by atoms with E-state index >= 15 is 0 Å².